The third-order valence-electron chi connectivity index (χ3n) is 3.95. The average Bonchev–Trinajstić information content (AvgIpc) is 2.69. The van der Waals surface area contributed by atoms with Crippen LogP contribution in [0.15, 0.2) is 73.1 Å². The van der Waals surface area contributed by atoms with E-state index in [1.54, 1.807) is 13.3 Å². The lowest BCUT2D eigenvalue weighted by molar-refractivity contribution is 0.251. The number of nitrogens with one attached hydrogen (secondary N) is 2. The van der Waals surface area contributed by atoms with E-state index in [0.29, 0.717) is 6.54 Å². The van der Waals surface area contributed by atoms with E-state index in [1.807, 2.05) is 66.9 Å². The first-order chi connectivity index (χ1) is 12.7. The monoisotopic (exact) mass is 347 g/mol. The number of urea groups is 1. The summed E-state index contributed by atoms with van der Waals surface area (Å²) in [6.07, 6.45) is 4.44. The van der Waals surface area contributed by atoms with Gasteiger partial charge in [0.2, 0.25) is 0 Å². The summed E-state index contributed by atoms with van der Waals surface area (Å²) < 4.78 is 5.12. The molecule has 0 atom stereocenters. The minimum atomic E-state index is -0.235. The van der Waals surface area contributed by atoms with Gasteiger partial charge in [-0.25, -0.2) is 4.79 Å². The van der Waals surface area contributed by atoms with Crippen molar-refractivity contribution in [1.82, 2.24) is 10.3 Å². The van der Waals surface area contributed by atoms with Crippen molar-refractivity contribution in [2.24, 2.45) is 0 Å². The van der Waals surface area contributed by atoms with Crippen molar-refractivity contribution in [3.05, 3.63) is 89.7 Å². The van der Waals surface area contributed by atoms with Crippen molar-refractivity contribution in [2.75, 3.05) is 12.4 Å². The molecule has 2 aromatic carbocycles. The average molecular weight is 347 g/mol. The molecule has 0 bridgehead atoms. The minimum absolute atomic E-state index is 0.235. The van der Waals surface area contributed by atoms with Gasteiger partial charge in [-0.15, -0.1) is 0 Å². The molecule has 2 amide bonds. The van der Waals surface area contributed by atoms with Gasteiger partial charge in [0, 0.05) is 24.6 Å². The number of ether oxygens (including phenoxy) is 1. The summed E-state index contributed by atoms with van der Waals surface area (Å²) in [7, 11) is 1.63. The quantitative estimate of drug-likeness (QED) is 0.708. The van der Waals surface area contributed by atoms with Crippen LogP contribution in [0.5, 0.6) is 5.75 Å². The number of amides is 2. The van der Waals surface area contributed by atoms with Crippen molar-refractivity contribution >= 4 is 11.7 Å². The number of benzene rings is 2. The van der Waals surface area contributed by atoms with Gasteiger partial charge in [-0.1, -0.05) is 30.3 Å². The Bertz CT molecular complexity index is 831. The van der Waals surface area contributed by atoms with Crippen LogP contribution in [0.4, 0.5) is 10.5 Å². The Kier molecular flexibility index (Phi) is 5.83. The van der Waals surface area contributed by atoms with Gasteiger partial charge in [-0.3, -0.25) is 4.98 Å². The number of methoxy groups -OCH3 is 1. The fourth-order valence-electron chi connectivity index (χ4n) is 2.55. The highest BCUT2D eigenvalue weighted by Crippen LogP contribution is 2.14. The first-order valence-corrected chi connectivity index (χ1v) is 8.38. The van der Waals surface area contributed by atoms with E-state index in [0.717, 1.165) is 29.0 Å². The van der Waals surface area contributed by atoms with Gasteiger partial charge in [0.15, 0.2) is 0 Å². The van der Waals surface area contributed by atoms with Crippen molar-refractivity contribution in [1.29, 1.82) is 0 Å². The molecule has 0 aliphatic heterocycles. The number of hydrogen-bond donors (Lipinski definition) is 2. The number of rotatable bonds is 6. The van der Waals surface area contributed by atoms with E-state index in [1.165, 1.54) is 5.56 Å². The van der Waals surface area contributed by atoms with E-state index >= 15 is 0 Å². The summed E-state index contributed by atoms with van der Waals surface area (Å²) in [5.74, 6) is 0.796. The van der Waals surface area contributed by atoms with Crippen molar-refractivity contribution in [3.63, 3.8) is 0 Å². The lowest BCUT2D eigenvalue weighted by Gasteiger charge is -2.09. The number of anilines is 1. The summed E-state index contributed by atoms with van der Waals surface area (Å²) in [4.78, 5) is 16.2. The predicted molar refractivity (Wildman–Crippen MR) is 102 cm³/mol. The molecule has 0 aliphatic rings. The van der Waals surface area contributed by atoms with Crippen LogP contribution in [0, 0.1) is 0 Å². The molecule has 0 fully saturated rings. The minimum Gasteiger partial charge on any atom is -0.497 e. The molecule has 0 unspecified atom stereocenters. The highest BCUT2D eigenvalue weighted by atomic mass is 16.5. The van der Waals surface area contributed by atoms with Crippen LogP contribution in [-0.2, 0) is 13.0 Å². The smallest absolute Gasteiger partial charge is 0.319 e. The zero-order valence-corrected chi connectivity index (χ0v) is 14.6. The molecule has 0 saturated heterocycles. The van der Waals surface area contributed by atoms with Crippen LogP contribution in [0.25, 0.3) is 0 Å². The van der Waals surface area contributed by atoms with Crippen LogP contribution in [0.2, 0.25) is 0 Å². The zero-order valence-electron chi connectivity index (χ0n) is 14.6. The van der Waals surface area contributed by atoms with Gasteiger partial charge in [0.1, 0.15) is 5.75 Å². The normalized spacial score (nSPS) is 10.2. The lowest BCUT2D eigenvalue weighted by Crippen LogP contribution is -2.28. The summed E-state index contributed by atoms with van der Waals surface area (Å²) >= 11 is 0. The van der Waals surface area contributed by atoms with Gasteiger partial charge in [0.05, 0.1) is 7.11 Å². The molecule has 0 aliphatic carbocycles. The molecule has 1 aromatic heterocycles. The van der Waals surface area contributed by atoms with Crippen molar-refractivity contribution < 1.29 is 9.53 Å². The van der Waals surface area contributed by atoms with E-state index < -0.39 is 0 Å². The first kappa shape index (κ1) is 17.5. The highest BCUT2D eigenvalue weighted by molar-refractivity contribution is 5.89. The summed E-state index contributed by atoms with van der Waals surface area (Å²) in [6.45, 7) is 0.453. The van der Waals surface area contributed by atoms with Gasteiger partial charge >= 0.3 is 6.03 Å². The van der Waals surface area contributed by atoms with Crippen LogP contribution < -0.4 is 15.4 Å². The van der Waals surface area contributed by atoms with Crippen LogP contribution in [0.1, 0.15) is 16.7 Å². The van der Waals surface area contributed by atoms with E-state index in [2.05, 4.69) is 15.6 Å². The summed E-state index contributed by atoms with van der Waals surface area (Å²) in [6, 6.07) is 19.1. The largest absolute Gasteiger partial charge is 0.497 e. The maximum Gasteiger partial charge on any atom is 0.319 e. The molecule has 0 saturated carbocycles. The molecule has 3 rings (SSSR count). The Morgan fingerprint density at radius 3 is 2.35 bits per heavy atom. The number of hydrogen-bond acceptors (Lipinski definition) is 3. The standard InChI is InChI=1S/C21H21N3O2/c1-26-20-10-6-17(7-11-20)15-23-21(25)24-19-8-4-16(5-9-19)13-18-3-2-12-22-14-18/h2-12,14H,13,15H2,1H3,(H2,23,24,25). The second-order valence-corrected chi connectivity index (χ2v) is 5.89. The van der Waals surface area contributed by atoms with Crippen LogP contribution in [0.3, 0.4) is 0 Å². The predicted octanol–water partition coefficient (Wildman–Crippen LogP) is 4.00. The maximum absolute atomic E-state index is 12.0. The number of pyridine rings is 1. The number of carbonyl (C=O) groups is 1. The van der Waals surface area contributed by atoms with E-state index in [9.17, 15) is 4.79 Å². The summed E-state index contributed by atoms with van der Waals surface area (Å²) in [5, 5.41) is 5.68. The van der Waals surface area contributed by atoms with Crippen LogP contribution in [-0.4, -0.2) is 18.1 Å². The third-order valence-corrected chi connectivity index (χ3v) is 3.95. The molecule has 26 heavy (non-hydrogen) atoms. The van der Waals surface area contributed by atoms with Crippen molar-refractivity contribution in [3.8, 4) is 5.75 Å². The van der Waals surface area contributed by atoms with Gasteiger partial charge in [-0.2, -0.15) is 0 Å². The van der Waals surface area contributed by atoms with Gasteiger partial charge in [0.25, 0.3) is 0 Å². The van der Waals surface area contributed by atoms with Crippen LogP contribution >= 0.6 is 0 Å². The SMILES string of the molecule is COc1ccc(CNC(=O)Nc2ccc(Cc3cccnc3)cc2)cc1. The second kappa shape index (κ2) is 8.67. The number of aromatic nitrogens is 1. The molecule has 1 heterocycles. The van der Waals surface area contributed by atoms with Crippen molar-refractivity contribution in [2.45, 2.75) is 13.0 Å². The molecule has 3 aromatic rings. The molecule has 132 valence electrons. The molecule has 0 spiro atoms. The molecule has 2 N–H and O–H groups in total. The molecular weight excluding hydrogens is 326 g/mol. The van der Waals surface area contributed by atoms with Gasteiger partial charge in [-0.05, 0) is 53.4 Å². The third kappa shape index (κ3) is 5.08. The Morgan fingerprint density at radius 1 is 0.962 bits per heavy atom. The Morgan fingerprint density at radius 2 is 1.69 bits per heavy atom. The lowest BCUT2D eigenvalue weighted by atomic mass is 10.1. The second-order valence-electron chi connectivity index (χ2n) is 5.89. The molecular formula is C21H21N3O2. The highest BCUT2D eigenvalue weighted by Gasteiger charge is 2.03. The zero-order chi connectivity index (χ0) is 18.2. The van der Waals surface area contributed by atoms with Gasteiger partial charge < -0.3 is 15.4 Å². The first-order valence-electron chi connectivity index (χ1n) is 8.38. The maximum atomic E-state index is 12.0. The number of carbonyl (C=O) groups excluding carboxylic acids is 1. The topological polar surface area (TPSA) is 63.2 Å². The Balaban J connectivity index is 1.49. The summed E-state index contributed by atoms with van der Waals surface area (Å²) in [5.41, 5.74) is 4.09. The fraction of sp³-hybridized carbons (Fsp3) is 0.143. The number of nitrogens with zero attached hydrogens (tertiary/aromatic N) is 1. The molecule has 0 radical (unpaired) electrons. The fourth-order valence-corrected chi connectivity index (χ4v) is 2.55. The van der Waals surface area contributed by atoms with E-state index in [-0.39, 0.29) is 6.03 Å². The molecule has 5 nitrogen and oxygen atoms in total. The Hall–Kier alpha value is -3.34. The Labute approximate surface area is 153 Å². The molecule has 5 heteroatoms. The van der Waals surface area contributed by atoms with E-state index in [4.69, 9.17) is 4.74 Å².